The molecule has 7 nitrogen and oxygen atoms in total. The highest BCUT2D eigenvalue weighted by Crippen LogP contribution is 2.29. The summed E-state index contributed by atoms with van der Waals surface area (Å²) >= 11 is 0. The molecule has 0 aromatic carbocycles. The van der Waals surface area contributed by atoms with Crippen LogP contribution in [0.25, 0.3) is 0 Å². The highest BCUT2D eigenvalue weighted by Gasteiger charge is 2.32. The van der Waals surface area contributed by atoms with Crippen LogP contribution in [0.3, 0.4) is 0 Å². The predicted octanol–water partition coefficient (Wildman–Crippen LogP) is 1.02. The van der Waals surface area contributed by atoms with Crippen LogP contribution in [-0.4, -0.2) is 45.6 Å². The standard InChI is InChI=1S/C13H19N5O2S/c1-10-8-17(2)13(16-10)11-4-3-5-18(9-11)21(19,20)12-6-14-15-7-12/h6-8,11H,3-5,9H2,1-2H3,(H,14,15)/t11-/m0/s1. The number of piperidine rings is 1. The number of imidazole rings is 1. The van der Waals surface area contributed by atoms with Gasteiger partial charge in [0.15, 0.2) is 0 Å². The summed E-state index contributed by atoms with van der Waals surface area (Å²) in [7, 11) is -1.51. The van der Waals surface area contributed by atoms with Crippen LogP contribution in [0.2, 0.25) is 0 Å². The van der Waals surface area contributed by atoms with Gasteiger partial charge in [0.1, 0.15) is 10.7 Å². The second-order valence-corrected chi connectivity index (χ2v) is 7.43. The average Bonchev–Trinajstić information content (AvgIpc) is 3.09. The minimum atomic E-state index is -3.46. The molecule has 1 fully saturated rings. The Balaban J connectivity index is 1.85. The van der Waals surface area contributed by atoms with E-state index in [1.54, 1.807) is 0 Å². The predicted molar refractivity (Wildman–Crippen MR) is 77.3 cm³/mol. The molecule has 0 saturated carbocycles. The summed E-state index contributed by atoms with van der Waals surface area (Å²) in [5, 5.41) is 6.29. The molecule has 3 rings (SSSR count). The molecule has 1 aliphatic rings. The van der Waals surface area contributed by atoms with Gasteiger partial charge in [0.25, 0.3) is 0 Å². The summed E-state index contributed by atoms with van der Waals surface area (Å²) in [5.74, 6) is 1.10. The maximum atomic E-state index is 12.6. The fraction of sp³-hybridized carbons (Fsp3) is 0.538. The lowest BCUT2D eigenvalue weighted by Gasteiger charge is -2.31. The van der Waals surface area contributed by atoms with Crippen molar-refractivity contribution in [1.29, 1.82) is 0 Å². The Morgan fingerprint density at radius 2 is 2.24 bits per heavy atom. The van der Waals surface area contributed by atoms with E-state index in [9.17, 15) is 8.42 Å². The first kappa shape index (κ1) is 14.3. The van der Waals surface area contributed by atoms with Gasteiger partial charge < -0.3 is 4.57 Å². The molecule has 21 heavy (non-hydrogen) atoms. The lowest BCUT2D eigenvalue weighted by molar-refractivity contribution is 0.306. The van der Waals surface area contributed by atoms with Gasteiger partial charge >= 0.3 is 0 Å². The highest BCUT2D eigenvalue weighted by atomic mass is 32.2. The first-order valence-electron chi connectivity index (χ1n) is 6.97. The van der Waals surface area contributed by atoms with Crippen LogP contribution in [0.4, 0.5) is 0 Å². The molecule has 114 valence electrons. The maximum Gasteiger partial charge on any atom is 0.246 e. The molecule has 3 heterocycles. The molecule has 0 aliphatic carbocycles. The molecule has 0 radical (unpaired) electrons. The van der Waals surface area contributed by atoms with E-state index in [2.05, 4.69) is 15.2 Å². The first-order valence-corrected chi connectivity index (χ1v) is 8.41. The topological polar surface area (TPSA) is 83.9 Å². The van der Waals surface area contributed by atoms with Gasteiger partial charge in [0.05, 0.1) is 11.9 Å². The molecule has 0 unspecified atom stereocenters. The Bertz CT molecular complexity index is 720. The molecule has 1 saturated heterocycles. The van der Waals surface area contributed by atoms with Gasteiger partial charge in [0.2, 0.25) is 10.0 Å². The Labute approximate surface area is 124 Å². The lowest BCUT2D eigenvalue weighted by Crippen LogP contribution is -2.39. The van der Waals surface area contributed by atoms with Crippen molar-refractivity contribution < 1.29 is 8.42 Å². The smallest absolute Gasteiger partial charge is 0.246 e. The van der Waals surface area contributed by atoms with E-state index in [1.165, 1.54) is 16.7 Å². The van der Waals surface area contributed by atoms with Crippen molar-refractivity contribution in [2.75, 3.05) is 13.1 Å². The fourth-order valence-corrected chi connectivity index (χ4v) is 4.35. The highest BCUT2D eigenvalue weighted by molar-refractivity contribution is 7.89. The number of aromatic nitrogens is 4. The van der Waals surface area contributed by atoms with Crippen molar-refractivity contribution in [2.45, 2.75) is 30.6 Å². The number of rotatable bonds is 3. The van der Waals surface area contributed by atoms with E-state index in [1.807, 2.05) is 24.7 Å². The van der Waals surface area contributed by atoms with Crippen LogP contribution in [0, 0.1) is 6.92 Å². The van der Waals surface area contributed by atoms with E-state index in [4.69, 9.17) is 0 Å². The summed E-state index contributed by atoms with van der Waals surface area (Å²) in [5.41, 5.74) is 0.960. The maximum absolute atomic E-state index is 12.6. The third kappa shape index (κ3) is 2.60. The largest absolute Gasteiger partial charge is 0.337 e. The Hall–Kier alpha value is -1.67. The summed E-state index contributed by atoms with van der Waals surface area (Å²) in [4.78, 5) is 4.76. The summed E-state index contributed by atoms with van der Waals surface area (Å²) in [6.45, 7) is 2.97. The summed E-state index contributed by atoms with van der Waals surface area (Å²) in [6, 6.07) is 0. The third-order valence-corrected chi connectivity index (χ3v) is 5.72. The van der Waals surface area contributed by atoms with Crippen molar-refractivity contribution in [3.63, 3.8) is 0 Å². The van der Waals surface area contributed by atoms with Crippen LogP contribution < -0.4 is 0 Å². The van der Waals surface area contributed by atoms with Crippen molar-refractivity contribution in [3.05, 3.63) is 30.1 Å². The minimum absolute atomic E-state index is 0.138. The van der Waals surface area contributed by atoms with Gasteiger partial charge in [-0.05, 0) is 19.8 Å². The number of nitrogens with one attached hydrogen (secondary N) is 1. The second kappa shape index (κ2) is 5.27. The van der Waals surface area contributed by atoms with Gasteiger partial charge in [-0.1, -0.05) is 0 Å². The molecule has 1 aliphatic heterocycles. The van der Waals surface area contributed by atoms with Gasteiger partial charge in [-0.25, -0.2) is 13.4 Å². The van der Waals surface area contributed by atoms with Gasteiger partial charge in [-0.2, -0.15) is 9.40 Å². The van der Waals surface area contributed by atoms with E-state index in [0.29, 0.717) is 13.1 Å². The first-order chi connectivity index (χ1) is 9.98. The van der Waals surface area contributed by atoms with Gasteiger partial charge in [0, 0.05) is 38.4 Å². The van der Waals surface area contributed by atoms with E-state index in [0.717, 1.165) is 24.4 Å². The van der Waals surface area contributed by atoms with Crippen LogP contribution in [0.5, 0.6) is 0 Å². The molecule has 0 amide bonds. The molecule has 1 N–H and O–H groups in total. The summed E-state index contributed by atoms with van der Waals surface area (Å²) < 4.78 is 28.6. The van der Waals surface area contributed by atoms with Crippen LogP contribution in [-0.2, 0) is 17.1 Å². The number of aryl methyl sites for hydroxylation is 2. The number of sulfonamides is 1. The Morgan fingerprint density at radius 3 is 2.86 bits per heavy atom. The number of aromatic amines is 1. The summed E-state index contributed by atoms with van der Waals surface area (Å²) in [6.07, 6.45) is 6.54. The van der Waals surface area contributed by atoms with Crippen molar-refractivity contribution in [3.8, 4) is 0 Å². The zero-order chi connectivity index (χ0) is 15.0. The number of hydrogen-bond donors (Lipinski definition) is 1. The van der Waals surface area contributed by atoms with E-state index >= 15 is 0 Å². The molecular weight excluding hydrogens is 290 g/mol. The molecule has 0 spiro atoms. The van der Waals surface area contributed by atoms with Crippen molar-refractivity contribution in [1.82, 2.24) is 24.1 Å². The molecule has 0 bridgehead atoms. The molecule has 1 atom stereocenters. The van der Waals surface area contributed by atoms with Crippen LogP contribution >= 0.6 is 0 Å². The van der Waals surface area contributed by atoms with E-state index < -0.39 is 10.0 Å². The average molecular weight is 309 g/mol. The van der Waals surface area contributed by atoms with Crippen molar-refractivity contribution >= 4 is 10.0 Å². The fourth-order valence-electron chi connectivity index (χ4n) is 2.91. The van der Waals surface area contributed by atoms with Gasteiger partial charge in [-0.15, -0.1) is 0 Å². The Morgan fingerprint density at radius 1 is 1.43 bits per heavy atom. The normalized spacial score (nSPS) is 20.8. The molecule has 8 heteroatoms. The lowest BCUT2D eigenvalue weighted by atomic mass is 9.99. The number of H-pyrrole nitrogens is 1. The van der Waals surface area contributed by atoms with Crippen LogP contribution in [0.15, 0.2) is 23.5 Å². The Kier molecular flexibility index (Phi) is 3.58. The SMILES string of the molecule is Cc1cn(C)c([C@H]2CCCN(S(=O)(=O)c3cn[nH]c3)C2)n1. The number of nitrogens with zero attached hydrogens (tertiary/aromatic N) is 4. The molecule has 2 aromatic rings. The minimum Gasteiger partial charge on any atom is -0.337 e. The second-order valence-electron chi connectivity index (χ2n) is 5.49. The van der Waals surface area contributed by atoms with Crippen LogP contribution in [0.1, 0.15) is 30.3 Å². The van der Waals surface area contributed by atoms with E-state index in [-0.39, 0.29) is 10.8 Å². The zero-order valence-corrected chi connectivity index (χ0v) is 13.0. The molecule has 2 aromatic heterocycles. The van der Waals surface area contributed by atoms with Gasteiger partial charge in [-0.3, -0.25) is 5.10 Å². The molecular formula is C13H19N5O2S. The van der Waals surface area contributed by atoms with Crippen molar-refractivity contribution in [2.24, 2.45) is 7.05 Å². The monoisotopic (exact) mass is 309 g/mol. The quantitative estimate of drug-likeness (QED) is 0.917. The number of hydrogen-bond acceptors (Lipinski definition) is 4. The third-order valence-electron chi connectivity index (χ3n) is 3.89. The zero-order valence-electron chi connectivity index (χ0n) is 12.2.